The van der Waals surface area contributed by atoms with Crippen LogP contribution in [0.15, 0.2) is 24.3 Å². The Morgan fingerprint density at radius 2 is 1.48 bits per heavy atom. The number of hydrogen-bond donors (Lipinski definition) is 0. The molecule has 1 aromatic rings. The first-order chi connectivity index (χ1) is 12.8. The quantitative estimate of drug-likeness (QED) is 0.418. The van der Waals surface area contributed by atoms with E-state index in [1.165, 1.54) is 31.2 Å². The molecule has 4 saturated carbocycles. The zero-order chi connectivity index (χ0) is 19.2. The van der Waals surface area contributed by atoms with E-state index in [9.17, 15) is 4.79 Å². The van der Waals surface area contributed by atoms with Gasteiger partial charge in [0.2, 0.25) is 0 Å². The standard InChI is InChI=1S/C25H36O2/c1-16(2)9-23(17(3)4)21-5-7-22(8-6-21)27-24(26)25-13-18-10-19(14-25)12-20(11-18)15-25/h5-8,16-20,23H,9-15H2,1-4H3. The van der Waals surface area contributed by atoms with Gasteiger partial charge < -0.3 is 4.74 Å². The van der Waals surface area contributed by atoms with Crippen LogP contribution in [-0.4, -0.2) is 5.97 Å². The highest BCUT2D eigenvalue weighted by atomic mass is 16.5. The average molecular weight is 369 g/mol. The number of carbonyl (C=O) groups excluding carboxylic acids is 1. The Balaban J connectivity index is 1.45. The van der Waals surface area contributed by atoms with Gasteiger partial charge in [-0.3, -0.25) is 4.79 Å². The predicted molar refractivity (Wildman–Crippen MR) is 110 cm³/mol. The maximum absolute atomic E-state index is 13.1. The van der Waals surface area contributed by atoms with Crippen LogP contribution in [0, 0.1) is 35.0 Å². The number of benzene rings is 1. The lowest BCUT2D eigenvalue weighted by atomic mass is 9.49. The van der Waals surface area contributed by atoms with Crippen molar-refractivity contribution in [1.29, 1.82) is 0 Å². The van der Waals surface area contributed by atoms with Crippen molar-refractivity contribution >= 4 is 5.97 Å². The van der Waals surface area contributed by atoms with Crippen LogP contribution in [0.5, 0.6) is 5.75 Å². The Morgan fingerprint density at radius 1 is 0.963 bits per heavy atom. The van der Waals surface area contributed by atoms with Gasteiger partial charge in [0.25, 0.3) is 0 Å². The van der Waals surface area contributed by atoms with Gasteiger partial charge in [0.1, 0.15) is 5.75 Å². The smallest absolute Gasteiger partial charge is 0.317 e. The van der Waals surface area contributed by atoms with E-state index in [4.69, 9.17) is 4.74 Å². The summed E-state index contributed by atoms with van der Waals surface area (Å²) in [5.74, 6) is 4.97. The highest BCUT2D eigenvalue weighted by Crippen LogP contribution is 2.60. The van der Waals surface area contributed by atoms with Gasteiger partial charge in [-0.05, 0) is 98.1 Å². The summed E-state index contributed by atoms with van der Waals surface area (Å²) in [5.41, 5.74) is 1.19. The van der Waals surface area contributed by atoms with E-state index in [0.717, 1.165) is 42.8 Å². The van der Waals surface area contributed by atoms with Crippen molar-refractivity contribution < 1.29 is 9.53 Å². The molecule has 1 atom stereocenters. The van der Waals surface area contributed by atoms with Crippen LogP contribution < -0.4 is 4.74 Å². The van der Waals surface area contributed by atoms with Gasteiger partial charge in [0.05, 0.1) is 5.41 Å². The molecule has 0 aromatic heterocycles. The van der Waals surface area contributed by atoms with E-state index in [1.54, 1.807) is 0 Å². The molecule has 0 amide bonds. The third kappa shape index (κ3) is 3.82. The minimum absolute atomic E-state index is 0.0527. The summed E-state index contributed by atoms with van der Waals surface area (Å²) in [6.07, 6.45) is 8.47. The molecule has 0 spiro atoms. The van der Waals surface area contributed by atoms with Crippen LogP contribution in [0.4, 0.5) is 0 Å². The van der Waals surface area contributed by atoms with E-state index >= 15 is 0 Å². The molecule has 27 heavy (non-hydrogen) atoms. The Labute approximate surface area is 165 Å². The molecule has 0 heterocycles. The van der Waals surface area contributed by atoms with Crippen molar-refractivity contribution in [2.75, 3.05) is 0 Å². The average Bonchev–Trinajstić information content (AvgIpc) is 2.59. The molecule has 1 unspecified atom stereocenters. The van der Waals surface area contributed by atoms with Gasteiger partial charge >= 0.3 is 5.97 Å². The minimum atomic E-state index is -0.175. The summed E-state index contributed by atoms with van der Waals surface area (Å²) in [7, 11) is 0. The largest absolute Gasteiger partial charge is 0.426 e. The second-order valence-electron chi connectivity index (χ2n) is 10.6. The van der Waals surface area contributed by atoms with Gasteiger partial charge in [-0.25, -0.2) is 0 Å². The Kier molecular flexibility index (Phi) is 5.12. The molecule has 4 fully saturated rings. The molecule has 0 N–H and O–H groups in total. The molecular weight excluding hydrogens is 332 g/mol. The summed E-state index contributed by atoms with van der Waals surface area (Å²) >= 11 is 0. The Morgan fingerprint density at radius 3 is 1.93 bits per heavy atom. The molecule has 4 aliphatic rings. The first-order valence-corrected chi connectivity index (χ1v) is 11.2. The topological polar surface area (TPSA) is 26.3 Å². The monoisotopic (exact) mass is 368 g/mol. The van der Waals surface area contributed by atoms with Crippen LogP contribution in [0.1, 0.15) is 84.1 Å². The van der Waals surface area contributed by atoms with E-state index in [0.29, 0.717) is 17.8 Å². The summed E-state index contributed by atoms with van der Waals surface area (Å²) < 4.78 is 5.94. The Hall–Kier alpha value is -1.31. The van der Waals surface area contributed by atoms with Crippen molar-refractivity contribution in [3.8, 4) is 5.75 Å². The van der Waals surface area contributed by atoms with E-state index in [1.807, 2.05) is 12.1 Å². The fourth-order valence-electron chi connectivity index (χ4n) is 6.66. The third-order valence-corrected chi connectivity index (χ3v) is 7.52. The number of ether oxygens (including phenoxy) is 1. The lowest BCUT2D eigenvalue weighted by Gasteiger charge is -2.55. The van der Waals surface area contributed by atoms with Crippen LogP contribution in [-0.2, 0) is 4.79 Å². The summed E-state index contributed by atoms with van der Waals surface area (Å²) in [5, 5.41) is 0. The molecular formula is C25H36O2. The highest BCUT2D eigenvalue weighted by Gasteiger charge is 2.55. The van der Waals surface area contributed by atoms with Crippen LogP contribution in [0.3, 0.4) is 0 Å². The fourth-order valence-corrected chi connectivity index (χ4v) is 6.66. The molecule has 148 valence electrons. The van der Waals surface area contributed by atoms with E-state index in [-0.39, 0.29) is 11.4 Å². The second-order valence-corrected chi connectivity index (χ2v) is 10.6. The van der Waals surface area contributed by atoms with Crippen molar-refractivity contribution in [3.63, 3.8) is 0 Å². The molecule has 4 aliphatic carbocycles. The van der Waals surface area contributed by atoms with Crippen molar-refractivity contribution in [1.82, 2.24) is 0 Å². The molecule has 4 bridgehead atoms. The number of esters is 1. The van der Waals surface area contributed by atoms with Gasteiger partial charge in [-0.15, -0.1) is 0 Å². The van der Waals surface area contributed by atoms with Gasteiger partial charge in [-0.1, -0.05) is 39.8 Å². The number of carbonyl (C=O) groups is 1. The lowest BCUT2D eigenvalue weighted by Crippen LogP contribution is -2.51. The normalized spacial score (nSPS) is 32.9. The number of hydrogen-bond acceptors (Lipinski definition) is 2. The molecule has 0 aliphatic heterocycles. The minimum Gasteiger partial charge on any atom is -0.426 e. The van der Waals surface area contributed by atoms with Crippen molar-refractivity contribution in [2.24, 2.45) is 35.0 Å². The first-order valence-electron chi connectivity index (χ1n) is 11.2. The van der Waals surface area contributed by atoms with Crippen molar-refractivity contribution in [2.45, 2.75) is 78.6 Å². The maximum Gasteiger partial charge on any atom is 0.317 e. The first kappa shape index (κ1) is 19.0. The molecule has 5 rings (SSSR count). The number of rotatable bonds is 6. The van der Waals surface area contributed by atoms with E-state index in [2.05, 4.69) is 39.8 Å². The maximum atomic E-state index is 13.1. The van der Waals surface area contributed by atoms with Gasteiger partial charge in [-0.2, -0.15) is 0 Å². The molecule has 0 radical (unpaired) electrons. The zero-order valence-corrected chi connectivity index (χ0v) is 17.5. The summed E-state index contributed by atoms with van der Waals surface area (Å²) in [4.78, 5) is 13.1. The Bertz CT molecular complexity index is 635. The molecule has 2 heteroatoms. The third-order valence-electron chi connectivity index (χ3n) is 7.52. The molecule has 2 nitrogen and oxygen atoms in total. The predicted octanol–water partition coefficient (Wildman–Crippen LogP) is 6.59. The summed E-state index contributed by atoms with van der Waals surface area (Å²) in [6.45, 7) is 9.18. The SMILES string of the molecule is CC(C)CC(c1ccc(OC(=O)C23CC4CC(CC(C4)C2)C3)cc1)C(C)C. The summed E-state index contributed by atoms with van der Waals surface area (Å²) in [6, 6.07) is 8.39. The lowest BCUT2D eigenvalue weighted by molar-refractivity contribution is -0.161. The fraction of sp³-hybridized carbons (Fsp3) is 0.720. The van der Waals surface area contributed by atoms with Crippen LogP contribution in [0.25, 0.3) is 0 Å². The van der Waals surface area contributed by atoms with E-state index < -0.39 is 0 Å². The van der Waals surface area contributed by atoms with Gasteiger partial charge in [0, 0.05) is 0 Å². The zero-order valence-electron chi connectivity index (χ0n) is 17.5. The highest BCUT2D eigenvalue weighted by molar-refractivity contribution is 5.79. The van der Waals surface area contributed by atoms with Crippen LogP contribution in [0.2, 0.25) is 0 Å². The second kappa shape index (κ2) is 7.26. The van der Waals surface area contributed by atoms with Gasteiger partial charge in [0.15, 0.2) is 0 Å². The van der Waals surface area contributed by atoms with Crippen molar-refractivity contribution in [3.05, 3.63) is 29.8 Å². The molecule has 0 saturated heterocycles. The molecule has 1 aromatic carbocycles. The van der Waals surface area contributed by atoms with Crippen LogP contribution >= 0.6 is 0 Å².